The lowest BCUT2D eigenvalue weighted by molar-refractivity contribution is -0.154. The Hall–Kier alpha value is -1.30. The zero-order valence-corrected chi connectivity index (χ0v) is 19.4. The van der Waals surface area contributed by atoms with E-state index in [1.807, 2.05) is 6.92 Å². The Morgan fingerprint density at radius 1 is 1.03 bits per heavy atom. The number of alkyl carbamates (subject to hydrolysis) is 1. The topological polar surface area (TPSA) is 95.9 Å². The third-order valence-corrected chi connectivity index (χ3v) is 10.2. The van der Waals surface area contributed by atoms with Gasteiger partial charge in [-0.05, 0) is 98.7 Å². The van der Waals surface area contributed by atoms with Crippen molar-refractivity contribution in [1.29, 1.82) is 0 Å². The minimum Gasteiger partial charge on any atom is -0.481 e. The van der Waals surface area contributed by atoms with Crippen LogP contribution in [0.2, 0.25) is 0 Å². The minimum atomic E-state index is -0.592. The summed E-state index contributed by atoms with van der Waals surface area (Å²) >= 11 is 0. The van der Waals surface area contributed by atoms with Gasteiger partial charge in [0.25, 0.3) is 0 Å². The number of ether oxygens (including phenoxy) is 1. The van der Waals surface area contributed by atoms with Crippen molar-refractivity contribution >= 4 is 12.1 Å². The molecule has 0 aromatic carbocycles. The van der Waals surface area contributed by atoms with E-state index in [1.165, 1.54) is 6.42 Å². The summed E-state index contributed by atoms with van der Waals surface area (Å²) in [6.45, 7) is 6.59. The zero-order valence-electron chi connectivity index (χ0n) is 19.4. The maximum atomic E-state index is 12.3. The third-order valence-electron chi connectivity index (χ3n) is 10.2. The van der Waals surface area contributed by atoms with Gasteiger partial charge >= 0.3 is 12.1 Å². The van der Waals surface area contributed by atoms with Crippen molar-refractivity contribution in [3.05, 3.63) is 0 Å². The fraction of sp³-hybridized carbons (Fsp3) is 0.920. The quantitative estimate of drug-likeness (QED) is 0.587. The van der Waals surface area contributed by atoms with E-state index in [9.17, 15) is 19.8 Å². The summed E-state index contributed by atoms with van der Waals surface area (Å²) in [7, 11) is 0. The first-order valence-corrected chi connectivity index (χ1v) is 12.5. The van der Waals surface area contributed by atoms with Gasteiger partial charge < -0.3 is 20.3 Å². The van der Waals surface area contributed by atoms with Gasteiger partial charge in [-0.3, -0.25) is 4.79 Å². The first-order chi connectivity index (χ1) is 14.7. The summed E-state index contributed by atoms with van der Waals surface area (Å²) in [6, 6.07) is -0.241. The Bertz CT molecular complexity index is 693. The standard InChI is InChI=1S/C25H41NO5/c1-4-16(14-27)26-23(30)31-17-9-11-24(2)15(13-17)5-6-18-19-7-8-21(22(28)29)25(19,3)12-10-20(18)24/h15-21,27H,4-14H2,1-3H3,(H,26,30)(H,28,29)/t15?,16?,17?,18-,19-,20-,21?,24-,25-/m0/s1. The van der Waals surface area contributed by atoms with Crippen molar-refractivity contribution in [3.63, 3.8) is 0 Å². The van der Waals surface area contributed by atoms with Crippen LogP contribution < -0.4 is 5.32 Å². The molecule has 6 nitrogen and oxygen atoms in total. The summed E-state index contributed by atoms with van der Waals surface area (Å²) < 4.78 is 5.75. The van der Waals surface area contributed by atoms with E-state index in [0.29, 0.717) is 30.1 Å². The average molecular weight is 436 g/mol. The van der Waals surface area contributed by atoms with Crippen LogP contribution in [0.15, 0.2) is 0 Å². The molecule has 3 N–H and O–H groups in total. The van der Waals surface area contributed by atoms with E-state index in [4.69, 9.17) is 4.74 Å². The molecule has 0 aliphatic heterocycles. The van der Waals surface area contributed by atoms with Gasteiger partial charge in [0.1, 0.15) is 6.10 Å². The van der Waals surface area contributed by atoms with Gasteiger partial charge in [0, 0.05) is 0 Å². The molecule has 4 aliphatic carbocycles. The zero-order chi connectivity index (χ0) is 22.4. The molecule has 0 aromatic rings. The van der Waals surface area contributed by atoms with Crippen LogP contribution in [0, 0.1) is 40.4 Å². The number of rotatable bonds is 5. The lowest BCUT2D eigenvalue weighted by atomic mass is 9.44. The fourth-order valence-corrected chi connectivity index (χ4v) is 8.36. The molecule has 0 aromatic heterocycles. The highest BCUT2D eigenvalue weighted by Crippen LogP contribution is 2.67. The normalized spacial score (nSPS) is 45.0. The number of aliphatic hydroxyl groups is 1. The summed E-state index contributed by atoms with van der Waals surface area (Å²) in [5.41, 5.74) is 0.246. The lowest BCUT2D eigenvalue weighted by Gasteiger charge is -2.60. The van der Waals surface area contributed by atoms with Crippen LogP contribution in [0.4, 0.5) is 4.79 Å². The molecule has 0 bridgehead atoms. The molecule has 6 heteroatoms. The van der Waals surface area contributed by atoms with E-state index in [0.717, 1.165) is 51.4 Å². The van der Waals surface area contributed by atoms with Crippen molar-refractivity contribution in [2.45, 2.75) is 97.1 Å². The Kier molecular flexibility index (Phi) is 6.32. The number of fused-ring (bicyclic) bond motifs is 5. The molecule has 1 amide bonds. The first-order valence-electron chi connectivity index (χ1n) is 12.5. The number of hydrogen-bond donors (Lipinski definition) is 3. The highest BCUT2D eigenvalue weighted by Gasteiger charge is 2.61. The molecule has 0 spiro atoms. The Morgan fingerprint density at radius 3 is 2.42 bits per heavy atom. The number of hydrogen-bond acceptors (Lipinski definition) is 4. The summed E-state index contributed by atoms with van der Waals surface area (Å²) in [5.74, 6) is 1.68. The molecule has 4 aliphatic rings. The van der Waals surface area contributed by atoms with E-state index in [1.54, 1.807) is 0 Å². The molecule has 4 rings (SSSR count). The van der Waals surface area contributed by atoms with Gasteiger partial charge in [0.15, 0.2) is 0 Å². The molecule has 0 radical (unpaired) electrons. The van der Waals surface area contributed by atoms with Crippen LogP contribution in [0.25, 0.3) is 0 Å². The smallest absolute Gasteiger partial charge is 0.407 e. The van der Waals surface area contributed by atoms with E-state index < -0.39 is 12.1 Å². The molecule has 176 valence electrons. The fourth-order valence-electron chi connectivity index (χ4n) is 8.36. The Morgan fingerprint density at radius 2 is 1.74 bits per heavy atom. The van der Waals surface area contributed by atoms with Crippen LogP contribution in [0.5, 0.6) is 0 Å². The van der Waals surface area contributed by atoms with Gasteiger partial charge in [-0.15, -0.1) is 0 Å². The number of amides is 1. The maximum absolute atomic E-state index is 12.3. The van der Waals surface area contributed by atoms with Crippen LogP contribution in [0.1, 0.15) is 85.0 Å². The van der Waals surface area contributed by atoms with Crippen LogP contribution in [-0.2, 0) is 9.53 Å². The Labute approximate surface area is 186 Å². The average Bonchev–Trinajstić information content (AvgIpc) is 3.09. The number of carboxylic acids is 1. The minimum absolute atomic E-state index is 0.0306. The number of aliphatic hydroxyl groups excluding tert-OH is 1. The van der Waals surface area contributed by atoms with Crippen LogP contribution in [0.3, 0.4) is 0 Å². The van der Waals surface area contributed by atoms with Crippen molar-refractivity contribution in [2.75, 3.05) is 6.61 Å². The molecule has 0 heterocycles. The Balaban J connectivity index is 1.41. The van der Waals surface area contributed by atoms with Crippen molar-refractivity contribution in [1.82, 2.24) is 5.32 Å². The second kappa shape index (κ2) is 8.57. The second-order valence-corrected chi connectivity index (χ2v) is 11.4. The highest BCUT2D eigenvalue weighted by atomic mass is 16.6. The van der Waals surface area contributed by atoms with Gasteiger partial charge in [-0.1, -0.05) is 20.8 Å². The molecular weight excluding hydrogens is 394 g/mol. The third kappa shape index (κ3) is 3.87. The number of nitrogens with one attached hydrogen (secondary N) is 1. The molecular formula is C25H41NO5. The van der Waals surface area contributed by atoms with Crippen molar-refractivity contribution < 1.29 is 24.5 Å². The molecule has 4 fully saturated rings. The van der Waals surface area contributed by atoms with Crippen LogP contribution >= 0.6 is 0 Å². The highest BCUT2D eigenvalue weighted by molar-refractivity contribution is 5.71. The molecule has 31 heavy (non-hydrogen) atoms. The van der Waals surface area contributed by atoms with Crippen molar-refractivity contribution in [3.8, 4) is 0 Å². The summed E-state index contributed by atoms with van der Waals surface area (Å²) in [5, 5.41) is 21.9. The molecule has 4 saturated carbocycles. The van der Waals surface area contributed by atoms with E-state index >= 15 is 0 Å². The monoisotopic (exact) mass is 435 g/mol. The number of carboxylic acid groups (broad SMARTS) is 1. The predicted octanol–water partition coefficient (Wildman–Crippen LogP) is 4.60. The maximum Gasteiger partial charge on any atom is 0.407 e. The predicted molar refractivity (Wildman–Crippen MR) is 117 cm³/mol. The molecule has 9 atom stereocenters. The number of carbonyl (C=O) groups is 2. The first kappa shape index (κ1) is 22.9. The van der Waals surface area contributed by atoms with Gasteiger partial charge in [-0.2, -0.15) is 0 Å². The van der Waals surface area contributed by atoms with E-state index in [2.05, 4.69) is 19.2 Å². The summed E-state index contributed by atoms with van der Waals surface area (Å²) in [4.78, 5) is 24.1. The van der Waals surface area contributed by atoms with Gasteiger partial charge in [0.2, 0.25) is 0 Å². The lowest BCUT2D eigenvalue weighted by Crippen LogP contribution is -2.54. The number of aliphatic carboxylic acids is 1. The molecule has 4 unspecified atom stereocenters. The largest absolute Gasteiger partial charge is 0.481 e. The second-order valence-electron chi connectivity index (χ2n) is 11.4. The number of carbonyl (C=O) groups excluding carboxylic acids is 1. The summed E-state index contributed by atoms with van der Waals surface area (Å²) in [6.07, 6.45) is 9.63. The SMILES string of the molecule is CCC(CO)NC(=O)OC1CC[C@@]2(C)C(CC[C@@H]3[C@@H]2CC[C@]2(C)C(C(=O)O)CC[C@@H]32)C1. The van der Waals surface area contributed by atoms with Crippen molar-refractivity contribution in [2.24, 2.45) is 40.4 Å². The van der Waals surface area contributed by atoms with Gasteiger partial charge in [-0.25, -0.2) is 4.79 Å². The van der Waals surface area contributed by atoms with Crippen LogP contribution in [-0.4, -0.2) is 41.0 Å². The molecule has 0 saturated heterocycles. The van der Waals surface area contributed by atoms with E-state index in [-0.39, 0.29) is 35.5 Å². The van der Waals surface area contributed by atoms with Gasteiger partial charge in [0.05, 0.1) is 18.6 Å².